The minimum atomic E-state index is -0.432. The van der Waals surface area contributed by atoms with Crippen LogP contribution in [-0.4, -0.2) is 9.55 Å². The first-order valence-corrected chi connectivity index (χ1v) is 6.54. The van der Waals surface area contributed by atoms with Gasteiger partial charge >= 0.3 is 0 Å². The van der Waals surface area contributed by atoms with E-state index in [2.05, 4.69) is 11.1 Å². The van der Waals surface area contributed by atoms with Gasteiger partial charge in [-0.1, -0.05) is 18.2 Å². The largest absolute Gasteiger partial charge is 0.396 e. The highest BCUT2D eigenvalue weighted by atomic mass is 19.1. The van der Waals surface area contributed by atoms with Gasteiger partial charge in [-0.05, 0) is 29.8 Å². The Morgan fingerprint density at radius 1 is 1.24 bits per heavy atom. The maximum absolute atomic E-state index is 13.6. The van der Waals surface area contributed by atoms with Crippen molar-refractivity contribution in [3.05, 3.63) is 59.7 Å². The summed E-state index contributed by atoms with van der Waals surface area (Å²) < 4.78 is 15.5. The molecule has 0 bridgehead atoms. The summed E-state index contributed by atoms with van der Waals surface area (Å²) in [6.07, 6.45) is 0.214. The van der Waals surface area contributed by atoms with Gasteiger partial charge in [-0.2, -0.15) is 5.26 Å². The summed E-state index contributed by atoms with van der Waals surface area (Å²) in [6.45, 7) is 0.453. The standard InChI is InChI=1S/C16H13FN4/c17-12-9-11(5-6-13(12)19)10-21-15-4-2-1-3-14(15)20-16(21)7-8-18/h1-6,9H,7,10,19H2. The molecule has 0 unspecified atom stereocenters. The van der Waals surface area contributed by atoms with Crippen LogP contribution >= 0.6 is 0 Å². The number of imidazole rings is 1. The fraction of sp³-hybridized carbons (Fsp3) is 0.125. The first-order valence-electron chi connectivity index (χ1n) is 6.54. The van der Waals surface area contributed by atoms with E-state index in [0.717, 1.165) is 16.6 Å². The van der Waals surface area contributed by atoms with Crippen LogP contribution in [0.1, 0.15) is 11.4 Å². The number of fused-ring (bicyclic) bond motifs is 1. The van der Waals surface area contributed by atoms with Crippen LogP contribution in [0, 0.1) is 17.1 Å². The molecule has 2 N–H and O–H groups in total. The summed E-state index contributed by atoms with van der Waals surface area (Å²) in [5.74, 6) is 0.245. The van der Waals surface area contributed by atoms with Crippen molar-refractivity contribution in [1.82, 2.24) is 9.55 Å². The first-order chi connectivity index (χ1) is 10.2. The molecule has 5 heteroatoms. The van der Waals surface area contributed by atoms with Crippen molar-refractivity contribution in [2.24, 2.45) is 0 Å². The zero-order valence-electron chi connectivity index (χ0n) is 11.3. The van der Waals surface area contributed by atoms with Gasteiger partial charge in [0.25, 0.3) is 0 Å². The van der Waals surface area contributed by atoms with Crippen LogP contribution in [0.4, 0.5) is 10.1 Å². The summed E-state index contributed by atoms with van der Waals surface area (Å²) in [4.78, 5) is 4.46. The average molecular weight is 280 g/mol. The third-order valence-electron chi connectivity index (χ3n) is 3.38. The second kappa shape index (κ2) is 5.25. The van der Waals surface area contributed by atoms with E-state index in [1.165, 1.54) is 6.07 Å². The number of aromatic nitrogens is 2. The number of hydrogen-bond acceptors (Lipinski definition) is 3. The van der Waals surface area contributed by atoms with Crippen LogP contribution in [0.3, 0.4) is 0 Å². The van der Waals surface area contributed by atoms with Crippen molar-refractivity contribution in [3.63, 3.8) is 0 Å². The van der Waals surface area contributed by atoms with Gasteiger partial charge in [0.2, 0.25) is 0 Å². The summed E-state index contributed by atoms with van der Waals surface area (Å²) in [7, 11) is 0. The molecule has 2 aromatic carbocycles. The van der Waals surface area contributed by atoms with E-state index in [1.807, 2.05) is 28.8 Å². The monoisotopic (exact) mass is 280 g/mol. The topological polar surface area (TPSA) is 67.6 Å². The predicted octanol–water partition coefficient (Wildman–Crippen LogP) is 2.87. The lowest BCUT2D eigenvalue weighted by Crippen LogP contribution is -2.05. The molecule has 0 amide bonds. The number of rotatable bonds is 3. The molecule has 0 atom stereocenters. The van der Waals surface area contributed by atoms with Crippen molar-refractivity contribution in [2.45, 2.75) is 13.0 Å². The first kappa shape index (κ1) is 13.1. The molecule has 0 aliphatic rings. The van der Waals surface area contributed by atoms with E-state index < -0.39 is 5.82 Å². The molecular weight excluding hydrogens is 267 g/mol. The molecule has 0 radical (unpaired) electrons. The molecule has 1 aromatic heterocycles. The Kier molecular flexibility index (Phi) is 3.28. The number of nitrogens with two attached hydrogens (primary N) is 1. The number of hydrogen-bond donors (Lipinski definition) is 1. The third-order valence-corrected chi connectivity index (χ3v) is 3.38. The molecule has 3 aromatic rings. The molecule has 1 heterocycles. The second-order valence-corrected chi connectivity index (χ2v) is 4.79. The zero-order chi connectivity index (χ0) is 14.8. The van der Waals surface area contributed by atoms with Crippen molar-refractivity contribution in [2.75, 3.05) is 5.73 Å². The maximum atomic E-state index is 13.6. The fourth-order valence-corrected chi connectivity index (χ4v) is 2.36. The Labute approximate surface area is 121 Å². The Balaban J connectivity index is 2.08. The molecule has 0 aliphatic carbocycles. The maximum Gasteiger partial charge on any atom is 0.146 e. The van der Waals surface area contributed by atoms with Gasteiger partial charge in [0, 0.05) is 6.54 Å². The van der Waals surface area contributed by atoms with Crippen molar-refractivity contribution in [1.29, 1.82) is 5.26 Å². The van der Waals surface area contributed by atoms with Gasteiger partial charge in [-0.25, -0.2) is 9.37 Å². The molecule has 4 nitrogen and oxygen atoms in total. The molecule has 0 spiro atoms. The lowest BCUT2D eigenvalue weighted by atomic mass is 10.2. The number of anilines is 1. The van der Waals surface area contributed by atoms with Gasteiger partial charge in [0.1, 0.15) is 11.6 Å². The summed E-state index contributed by atoms with van der Waals surface area (Å²) in [6, 6.07) is 14.5. The molecule has 0 aliphatic heterocycles. The summed E-state index contributed by atoms with van der Waals surface area (Å²) in [5.41, 5.74) is 8.17. The summed E-state index contributed by atoms with van der Waals surface area (Å²) >= 11 is 0. The van der Waals surface area contributed by atoms with E-state index in [0.29, 0.717) is 12.4 Å². The quantitative estimate of drug-likeness (QED) is 0.750. The lowest BCUT2D eigenvalue weighted by Gasteiger charge is -2.08. The van der Waals surface area contributed by atoms with Crippen LogP contribution in [0.2, 0.25) is 0 Å². The number of nitrogens with zero attached hydrogens (tertiary/aromatic N) is 3. The molecule has 0 saturated carbocycles. The lowest BCUT2D eigenvalue weighted by molar-refractivity contribution is 0.628. The molecule has 0 saturated heterocycles. The van der Waals surface area contributed by atoms with E-state index >= 15 is 0 Å². The SMILES string of the molecule is N#CCc1nc2ccccc2n1Cc1ccc(N)c(F)c1. The van der Waals surface area contributed by atoms with Crippen molar-refractivity contribution < 1.29 is 4.39 Å². The minimum absolute atomic E-state index is 0.131. The van der Waals surface area contributed by atoms with Crippen LogP contribution in [-0.2, 0) is 13.0 Å². The van der Waals surface area contributed by atoms with Crippen molar-refractivity contribution >= 4 is 16.7 Å². The van der Waals surface area contributed by atoms with Gasteiger partial charge < -0.3 is 10.3 Å². The summed E-state index contributed by atoms with van der Waals surface area (Å²) in [5, 5.41) is 8.94. The normalized spacial score (nSPS) is 10.7. The average Bonchev–Trinajstić information content (AvgIpc) is 2.81. The number of halogens is 1. The van der Waals surface area contributed by atoms with Crippen LogP contribution < -0.4 is 5.73 Å². The number of para-hydroxylation sites is 2. The van der Waals surface area contributed by atoms with E-state index in [1.54, 1.807) is 12.1 Å². The third kappa shape index (κ3) is 2.43. The van der Waals surface area contributed by atoms with E-state index in [4.69, 9.17) is 11.0 Å². The van der Waals surface area contributed by atoms with E-state index in [-0.39, 0.29) is 12.1 Å². The second-order valence-electron chi connectivity index (χ2n) is 4.79. The molecule has 3 rings (SSSR count). The van der Waals surface area contributed by atoms with Crippen LogP contribution in [0.5, 0.6) is 0 Å². The molecule has 104 valence electrons. The number of nitriles is 1. The number of nitrogen functional groups attached to an aromatic ring is 1. The molecular formula is C16H13FN4. The van der Waals surface area contributed by atoms with Gasteiger partial charge in [-0.3, -0.25) is 0 Å². The highest BCUT2D eigenvalue weighted by Gasteiger charge is 2.11. The predicted molar refractivity (Wildman–Crippen MR) is 79.0 cm³/mol. The molecule has 21 heavy (non-hydrogen) atoms. The molecule has 0 fully saturated rings. The van der Waals surface area contributed by atoms with E-state index in [9.17, 15) is 4.39 Å². The Hall–Kier alpha value is -2.87. The smallest absolute Gasteiger partial charge is 0.146 e. The van der Waals surface area contributed by atoms with Gasteiger partial charge in [0.05, 0.1) is 29.2 Å². The van der Waals surface area contributed by atoms with Gasteiger partial charge in [-0.15, -0.1) is 0 Å². The van der Waals surface area contributed by atoms with Crippen LogP contribution in [0.25, 0.3) is 11.0 Å². The minimum Gasteiger partial charge on any atom is -0.396 e. The fourth-order valence-electron chi connectivity index (χ4n) is 2.36. The number of benzene rings is 2. The Bertz CT molecular complexity index is 845. The Morgan fingerprint density at radius 2 is 2.05 bits per heavy atom. The van der Waals surface area contributed by atoms with Crippen molar-refractivity contribution in [3.8, 4) is 6.07 Å². The van der Waals surface area contributed by atoms with Gasteiger partial charge in [0.15, 0.2) is 0 Å². The highest BCUT2D eigenvalue weighted by Crippen LogP contribution is 2.20. The highest BCUT2D eigenvalue weighted by molar-refractivity contribution is 5.76. The Morgan fingerprint density at radius 3 is 2.81 bits per heavy atom. The van der Waals surface area contributed by atoms with Crippen LogP contribution in [0.15, 0.2) is 42.5 Å². The zero-order valence-corrected chi connectivity index (χ0v) is 11.3.